The first-order valence-electron chi connectivity index (χ1n) is 7.71. The second-order valence-corrected chi connectivity index (χ2v) is 6.31. The zero-order valence-corrected chi connectivity index (χ0v) is 12.2. The molecule has 3 N–H and O–H groups in total. The van der Waals surface area contributed by atoms with Gasteiger partial charge in [0.1, 0.15) is 11.7 Å². The number of piperidine rings is 1. The molecule has 1 aliphatic heterocycles. The van der Waals surface area contributed by atoms with Crippen molar-refractivity contribution in [2.75, 3.05) is 18.0 Å². The second kappa shape index (κ2) is 5.43. The Morgan fingerprint density at radius 2 is 2.00 bits per heavy atom. The number of amidine groups is 1. The number of aromatic nitrogens is 1. The van der Waals surface area contributed by atoms with Gasteiger partial charge in [0.05, 0.1) is 0 Å². The molecule has 108 valence electrons. The molecule has 2 unspecified atom stereocenters. The summed E-state index contributed by atoms with van der Waals surface area (Å²) < 4.78 is 0. The zero-order valence-electron chi connectivity index (χ0n) is 12.2. The Balaban J connectivity index is 1.80. The fourth-order valence-electron chi connectivity index (χ4n) is 3.78. The van der Waals surface area contributed by atoms with Gasteiger partial charge in [-0.05, 0) is 43.7 Å². The van der Waals surface area contributed by atoms with E-state index >= 15 is 0 Å². The van der Waals surface area contributed by atoms with Crippen LogP contribution in [0.15, 0.2) is 12.1 Å². The van der Waals surface area contributed by atoms with Gasteiger partial charge >= 0.3 is 0 Å². The number of nitrogen functional groups attached to an aromatic ring is 1. The van der Waals surface area contributed by atoms with Crippen LogP contribution in [0.2, 0.25) is 0 Å². The van der Waals surface area contributed by atoms with Gasteiger partial charge in [0.2, 0.25) is 0 Å². The van der Waals surface area contributed by atoms with Crippen LogP contribution in [0.25, 0.3) is 0 Å². The van der Waals surface area contributed by atoms with Crippen molar-refractivity contribution in [3.8, 4) is 0 Å². The molecule has 1 saturated heterocycles. The first-order valence-corrected chi connectivity index (χ1v) is 7.71. The molecule has 0 spiro atoms. The summed E-state index contributed by atoms with van der Waals surface area (Å²) in [6.45, 7) is 4.19. The molecule has 4 heteroatoms. The van der Waals surface area contributed by atoms with Gasteiger partial charge in [-0.15, -0.1) is 0 Å². The highest BCUT2D eigenvalue weighted by Crippen LogP contribution is 2.37. The minimum Gasteiger partial charge on any atom is -0.384 e. The Hall–Kier alpha value is -1.58. The summed E-state index contributed by atoms with van der Waals surface area (Å²) in [6.07, 6.45) is 6.87. The van der Waals surface area contributed by atoms with E-state index in [4.69, 9.17) is 11.1 Å². The first-order chi connectivity index (χ1) is 9.63. The van der Waals surface area contributed by atoms with Gasteiger partial charge in [0.15, 0.2) is 0 Å². The molecule has 1 aromatic rings. The van der Waals surface area contributed by atoms with Crippen LogP contribution in [0, 0.1) is 24.2 Å². The van der Waals surface area contributed by atoms with Crippen molar-refractivity contribution in [1.82, 2.24) is 4.98 Å². The summed E-state index contributed by atoms with van der Waals surface area (Å²) in [5.41, 5.74) is 7.36. The Morgan fingerprint density at radius 3 is 2.75 bits per heavy atom. The average molecular weight is 272 g/mol. The fourth-order valence-corrected chi connectivity index (χ4v) is 3.78. The minimum atomic E-state index is 0.129. The molecule has 20 heavy (non-hydrogen) atoms. The van der Waals surface area contributed by atoms with E-state index < -0.39 is 0 Å². The predicted octanol–water partition coefficient (Wildman–Crippen LogP) is 2.69. The van der Waals surface area contributed by atoms with E-state index in [2.05, 4.69) is 9.88 Å². The third-order valence-corrected chi connectivity index (χ3v) is 4.87. The minimum absolute atomic E-state index is 0.129. The highest BCUT2D eigenvalue weighted by molar-refractivity contribution is 5.95. The van der Waals surface area contributed by atoms with Gasteiger partial charge in [0.25, 0.3) is 0 Å². The van der Waals surface area contributed by atoms with Gasteiger partial charge in [0, 0.05) is 24.3 Å². The average Bonchev–Trinajstić information content (AvgIpc) is 2.46. The lowest BCUT2D eigenvalue weighted by Gasteiger charge is -2.42. The monoisotopic (exact) mass is 272 g/mol. The quantitative estimate of drug-likeness (QED) is 0.642. The maximum atomic E-state index is 7.62. The lowest BCUT2D eigenvalue weighted by atomic mass is 9.75. The number of hydrogen-bond donors (Lipinski definition) is 2. The second-order valence-electron chi connectivity index (χ2n) is 6.31. The molecule has 1 aliphatic carbocycles. The molecule has 1 aromatic heterocycles. The van der Waals surface area contributed by atoms with E-state index in [0.29, 0.717) is 0 Å². The van der Waals surface area contributed by atoms with Crippen molar-refractivity contribution < 1.29 is 0 Å². The van der Waals surface area contributed by atoms with Crippen LogP contribution in [0.3, 0.4) is 0 Å². The van der Waals surface area contributed by atoms with Crippen LogP contribution >= 0.6 is 0 Å². The summed E-state index contributed by atoms with van der Waals surface area (Å²) in [5.74, 6) is 2.89. The van der Waals surface area contributed by atoms with Crippen molar-refractivity contribution in [1.29, 1.82) is 5.41 Å². The van der Waals surface area contributed by atoms with Crippen LogP contribution < -0.4 is 10.6 Å². The molecule has 0 bridgehead atoms. The molecular formula is C16H24N4. The molecule has 2 aliphatic rings. The SMILES string of the molecule is Cc1cc(C(=N)N)cc(N2CCC3CCCCC3C2)n1. The third-order valence-electron chi connectivity index (χ3n) is 4.87. The highest BCUT2D eigenvalue weighted by Gasteiger charge is 2.31. The molecule has 2 heterocycles. The standard InChI is InChI=1S/C16H24N4/c1-11-8-14(16(17)18)9-15(19-11)20-7-6-12-4-2-3-5-13(12)10-20/h8-9,12-13H,2-7,10H2,1H3,(H3,17,18). The molecule has 2 atom stereocenters. The zero-order chi connectivity index (χ0) is 14.1. The molecule has 3 rings (SSSR count). The Kier molecular flexibility index (Phi) is 3.64. The number of nitrogens with two attached hydrogens (primary N) is 1. The Bertz CT molecular complexity index is 511. The topological polar surface area (TPSA) is 66.0 Å². The van der Waals surface area contributed by atoms with Crippen molar-refractivity contribution in [2.24, 2.45) is 17.6 Å². The van der Waals surface area contributed by atoms with E-state index in [1.165, 1.54) is 32.1 Å². The van der Waals surface area contributed by atoms with Gasteiger partial charge in [-0.25, -0.2) is 4.98 Å². The number of fused-ring (bicyclic) bond motifs is 1. The fraction of sp³-hybridized carbons (Fsp3) is 0.625. The Labute approximate surface area is 120 Å². The summed E-state index contributed by atoms with van der Waals surface area (Å²) in [7, 11) is 0. The number of anilines is 1. The van der Waals surface area contributed by atoms with E-state index in [9.17, 15) is 0 Å². The van der Waals surface area contributed by atoms with E-state index in [1.807, 2.05) is 19.1 Å². The van der Waals surface area contributed by atoms with Crippen molar-refractivity contribution in [2.45, 2.75) is 39.0 Å². The van der Waals surface area contributed by atoms with Gasteiger partial charge in [-0.2, -0.15) is 0 Å². The lowest BCUT2D eigenvalue weighted by Crippen LogP contribution is -2.42. The maximum absolute atomic E-state index is 7.62. The highest BCUT2D eigenvalue weighted by atomic mass is 15.2. The van der Waals surface area contributed by atoms with E-state index in [0.717, 1.165) is 42.0 Å². The number of aryl methyl sites for hydroxylation is 1. The van der Waals surface area contributed by atoms with Gasteiger partial charge in [-0.1, -0.05) is 19.3 Å². The summed E-state index contributed by atoms with van der Waals surface area (Å²) in [4.78, 5) is 7.05. The van der Waals surface area contributed by atoms with Crippen LogP contribution in [0.5, 0.6) is 0 Å². The maximum Gasteiger partial charge on any atom is 0.129 e. The number of nitrogens with zero attached hydrogens (tertiary/aromatic N) is 2. The molecule has 1 saturated carbocycles. The van der Waals surface area contributed by atoms with Crippen LogP contribution in [-0.2, 0) is 0 Å². The summed E-state index contributed by atoms with van der Waals surface area (Å²) in [5, 5.41) is 7.62. The number of pyridine rings is 1. The largest absolute Gasteiger partial charge is 0.384 e. The number of hydrogen-bond acceptors (Lipinski definition) is 3. The van der Waals surface area contributed by atoms with Gasteiger partial charge < -0.3 is 10.6 Å². The number of nitrogens with one attached hydrogen (secondary N) is 1. The summed E-state index contributed by atoms with van der Waals surface area (Å²) in [6, 6.07) is 3.86. The molecule has 4 nitrogen and oxygen atoms in total. The van der Waals surface area contributed by atoms with Crippen molar-refractivity contribution in [3.63, 3.8) is 0 Å². The third kappa shape index (κ3) is 2.65. The van der Waals surface area contributed by atoms with Crippen molar-refractivity contribution >= 4 is 11.7 Å². The predicted molar refractivity (Wildman–Crippen MR) is 82.3 cm³/mol. The Morgan fingerprint density at radius 1 is 1.25 bits per heavy atom. The van der Waals surface area contributed by atoms with Crippen LogP contribution in [0.1, 0.15) is 43.4 Å². The lowest BCUT2D eigenvalue weighted by molar-refractivity contribution is 0.202. The molecule has 0 aromatic carbocycles. The molecule has 2 fully saturated rings. The normalized spacial score (nSPS) is 26.1. The number of rotatable bonds is 2. The molecular weight excluding hydrogens is 248 g/mol. The van der Waals surface area contributed by atoms with Crippen molar-refractivity contribution in [3.05, 3.63) is 23.4 Å². The van der Waals surface area contributed by atoms with E-state index in [-0.39, 0.29) is 5.84 Å². The first kappa shape index (κ1) is 13.4. The van der Waals surface area contributed by atoms with Crippen LogP contribution in [-0.4, -0.2) is 23.9 Å². The molecule has 0 radical (unpaired) electrons. The van der Waals surface area contributed by atoms with E-state index in [1.54, 1.807) is 0 Å². The summed E-state index contributed by atoms with van der Waals surface area (Å²) >= 11 is 0. The smallest absolute Gasteiger partial charge is 0.129 e. The molecule has 0 amide bonds. The van der Waals surface area contributed by atoms with Crippen LogP contribution in [0.4, 0.5) is 5.82 Å². The van der Waals surface area contributed by atoms with Gasteiger partial charge in [-0.3, -0.25) is 5.41 Å².